The van der Waals surface area contributed by atoms with Crippen LogP contribution >= 0.6 is 12.2 Å². The van der Waals surface area contributed by atoms with Crippen LogP contribution in [-0.4, -0.2) is 10.2 Å². The van der Waals surface area contributed by atoms with E-state index in [1.807, 2.05) is 11.5 Å². The average molecular weight is 185 g/mol. The molecule has 0 fully saturated rings. The maximum Gasteiger partial charge on any atom is 0.177 e. The lowest BCUT2D eigenvalue weighted by Gasteiger charge is -1.85. The van der Waals surface area contributed by atoms with Crippen LogP contribution in [0.1, 0.15) is 0 Å². The lowest BCUT2D eigenvalue weighted by atomic mass is 10.3. The number of hydrazine groups is 1. The topological polar surface area (TPSA) is 84.3 Å². The number of thiocarbonyl (C=S) groups is 1. The minimum absolute atomic E-state index is 0.116. The molecule has 0 radical (unpaired) electrons. The van der Waals surface area contributed by atoms with Crippen LogP contribution in [0.2, 0.25) is 0 Å². The van der Waals surface area contributed by atoms with Crippen molar-refractivity contribution in [1.29, 1.82) is 0 Å². The van der Waals surface area contributed by atoms with E-state index < -0.39 is 0 Å². The first-order valence-corrected chi connectivity index (χ1v) is 3.57. The van der Waals surface area contributed by atoms with Crippen molar-refractivity contribution in [2.75, 3.05) is 0 Å². The van der Waals surface area contributed by atoms with Crippen LogP contribution in [0.15, 0.2) is 30.3 Å². The standard InChI is InChI=1S/C6H6O.CH5N3S/c7-6-4-2-1-3-5-6;2-1(5)4-3/h1-5,7H;3H2,(H3,2,4,5). The molecular weight excluding hydrogens is 174 g/mol. The van der Waals surface area contributed by atoms with Crippen LogP contribution in [0.5, 0.6) is 5.75 Å². The molecule has 6 N–H and O–H groups in total. The van der Waals surface area contributed by atoms with Crippen molar-refractivity contribution >= 4 is 17.3 Å². The molecule has 5 heteroatoms. The van der Waals surface area contributed by atoms with Gasteiger partial charge >= 0.3 is 0 Å². The van der Waals surface area contributed by atoms with Gasteiger partial charge in [0.25, 0.3) is 0 Å². The SMILES string of the molecule is NNC(N)=S.Oc1ccccc1. The van der Waals surface area contributed by atoms with E-state index in [1.165, 1.54) is 0 Å². The minimum Gasteiger partial charge on any atom is -0.508 e. The molecule has 0 amide bonds. The summed E-state index contributed by atoms with van der Waals surface area (Å²) in [6.07, 6.45) is 0. The fraction of sp³-hybridized carbons (Fsp3) is 0. The number of para-hydroxylation sites is 1. The summed E-state index contributed by atoms with van der Waals surface area (Å²) in [7, 11) is 0. The van der Waals surface area contributed by atoms with Crippen molar-refractivity contribution in [3.63, 3.8) is 0 Å². The Labute approximate surface area is 76.2 Å². The summed E-state index contributed by atoms with van der Waals surface area (Å²) in [6.45, 7) is 0. The van der Waals surface area contributed by atoms with Gasteiger partial charge in [-0.25, -0.2) is 5.84 Å². The minimum atomic E-state index is 0.116. The van der Waals surface area contributed by atoms with Crippen LogP contribution < -0.4 is 17.0 Å². The molecule has 0 aliphatic rings. The largest absolute Gasteiger partial charge is 0.508 e. The zero-order valence-electron chi connectivity index (χ0n) is 6.40. The van der Waals surface area contributed by atoms with Gasteiger partial charge in [0.05, 0.1) is 0 Å². The van der Waals surface area contributed by atoms with E-state index in [0.717, 1.165) is 0 Å². The third kappa shape index (κ3) is 6.79. The van der Waals surface area contributed by atoms with Crippen LogP contribution in [0, 0.1) is 0 Å². The molecule has 0 aromatic heterocycles. The zero-order valence-corrected chi connectivity index (χ0v) is 7.21. The monoisotopic (exact) mass is 185 g/mol. The second-order valence-electron chi connectivity index (χ2n) is 1.84. The molecule has 12 heavy (non-hydrogen) atoms. The fourth-order valence-electron chi connectivity index (χ4n) is 0.428. The van der Waals surface area contributed by atoms with Gasteiger partial charge in [-0.3, -0.25) is 0 Å². The van der Waals surface area contributed by atoms with Crippen LogP contribution in [-0.2, 0) is 0 Å². The Morgan fingerprint density at radius 1 is 1.33 bits per heavy atom. The number of benzene rings is 1. The Morgan fingerprint density at radius 3 is 1.92 bits per heavy atom. The van der Waals surface area contributed by atoms with Gasteiger partial charge in [0, 0.05) is 0 Å². The maximum absolute atomic E-state index is 8.63. The molecule has 0 saturated heterocycles. The third-order valence-electron chi connectivity index (χ3n) is 0.898. The van der Waals surface area contributed by atoms with E-state index in [-0.39, 0.29) is 5.11 Å². The molecular formula is C7H11N3OS. The van der Waals surface area contributed by atoms with Crippen molar-refractivity contribution in [1.82, 2.24) is 5.43 Å². The van der Waals surface area contributed by atoms with Gasteiger partial charge in [0.15, 0.2) is 5.11 Å². The first-order chi connectivity index (χ1) is 5.66. The van der Waals surface area contributed by atoms with Crippen LogP contribution in [0.25, 0.3) is 0 Å². The molecule has 4 nitrogen and oxygen atoms in total. The average Bonchev–Trinajstić information content (AvgIpc) is 2.07. The number of phenolic OH excluding ortho intramolecular Hbond substituents is 1. The molecule has 0 aliphatic heterocycles. The lowest BCUT2D eigenvalue weighted by molar-refractivity contribution is 0.475. The Kier molecular flexibility index (Phi) is 5.68. The zero-order chi connectivity index (χ0) is 9.40. The summed E-state index contributed by atoms with van der Waals surface area (Å²) in [5.74, 6) is 4.98. The summed E-state index contributed by atoms with van der Waals surface area (Å²) in [4.78, 5) is 0. The predicted octanol–water partition coefficient (Wildman–Crippen LogP) is 0.0855. The lowest BCUT2D eigenvalue weighted by Crippen LogP contribution is -2.34. The molecule has 1 rings (SSSR count). The fourth-order valence-corrected chi connectivity index (χ4v) is 0.428. The summed E-state index contributed by atoms with van der Waals surface area (Å²) in [6, 6.07) is 8.71. The highest BCUT2D eigenvalue weighted by Crippen LogP contribution is 2.02. The van der Waals surface area contributed by atoms with Crippen molar-refractivity contribution < 1.29 is 5.11 Å². The summed E-state index contributed by atoms with van der Waals surface area (Å²) in [5.41, 5.74) is 6.82. The van der Waals surface area contributed by atoms with E-state index in [0.29, 0.717) is 5.75 Å². The molecule has 0 aliphatic carbocycles. The molecule has 0 unspecified atom stereocenters. The van der Waals surface area contributed by atoms with Gasteiger partial charge in [0.1, 0.15) is 5.75 Å². The number of aromatic hydroxyl groups is 1. The van der Waals surface area contributed by atoms with E-state index in [9.17, 15) is 0 Å². The van der Waals surface area contributed by atoms with Crippen LogP contribution in [0.3, 0.4) is 0 Å². The smallest absolute Gasteiger partial charge is 0.177 e. The number of hydrogen-bond acceptors (Lipinski definition) is 3. The first kappa shape index (κ1) is 10.7. The van der Waals surface area contributed by atoms with Gasteiger partial charge < -0.3 is 16.3 Å². The number of phenols is 1. The highest BCUT2D eigenvalue weighted by molar-refractivity contribution is 7.80. The van der Waals surface area contributed by atoms with Gasteiger partial charge in [-0.1, -0.05) is 18.2 Å². The number of rotatable bonds is 0. The van der Waals surface area contributed by atoms with Crippen molar-refractivity contribution in [3.8, 4) is 5.75 Å². The Hall–Kier alpha value is -1.33. The van der Waals surface area contributed by atoms with Crippen molar-refractivity contribution in [2.24, 2.45) is 11.6 Å². The number of nitrogens with one attached hydrogen (secondary N) is 1. The van der Waals surface area contributed by atoms with E-state index in [4.69, 9.17) is 10.8 Å². The highest BCUT2D eigenvalue weighted by atomic mass is 32.1. The molecule has 0 bridgehead atoms. The van der Waals surface area contributed by atoms with E-state index in [1.54, 1.807) is 24.3 Å². The number of hydrogen-bond donors (Lipinski definition) is 4. The Morgan fingerprint density at radius 2 is 1.75 bits per heavy atom. The summed E-state index contributed by atoms with van der Waals surface area (Å²) in [5, 5.41) is 8.75. The third-order valence-corrected chi connectivity index (χ3v) is 1.02. The Bertz CT molecular complexity index is 227. The normalized spacial score (nSPS) is 7.75. The molecule has 66 valence electrons. The second-order valence-corrected chi connectivity index (χ2v) is 2.28. The summed E-state index contributed by atoms with van der Waals surface area (Å²) < 4.78 is 0. The van der Waals surface area contributed by atoms with Gasteiger partial charge in [-0.05, 0) is 24.4 Å². The first-order valence-electron chi connectivity index (χ1n) is 3.17. The predicted molar refractivity (Wildman–Crippen MR) is 52.2 cm³/mol. The van der Waals surface area contributed by atoms with Crippen LogP contribution in [0.4, 0.5) is 0 Å². The molecule has 0 saturated carbocycles. The van der Waals surface area contributed by atoms with E-state index >= 15 is 0 Å². The molecule has 1 aromatic carbocycles. The summed E-state index contributed by atoms with van der Waals surface area (Å²) >= 11 is 4.24. The molecule has 0 heterocycles. The molecule has 0 spiro atoms. The number of nitrogens with two attached hydrogens (primary N) is 2. The van der Waals surface area contributed by atoms with Gasteiger partial charge in [0.2, 0.25) is 0 Å². The molecule has 0 atom stereocenters. The quantitative estimate of drug-likeness (QED) is 0.261. The Balaban J connectivity index is 0.000000217. The van der Waals surface area contributed by atoms with Crippen molar-refractivity contribution in [3.05, 3.63) is 30.3 Å². The van der Waals surface area contributed by atoms with Gasteiger partial charge in [-0.2, -0.15) is 0 Å². The van der Waals surface area contributed by atoms with Gasteiger partial charge in [-0.15, -0.1) is 0 Å². The maximum atomic E-state index is 8.63. The van der Waals surface area contributed by atoms with E-state index in [2.05, 4.69) is 18.1 Å². The molecule has 1 aromatic rings. The highest BCUT2D eigenvalue weighted by Gasteiger charge is 1.74. The second kappa shape index (κ2) is 6.38. The van der Waals surface area contributed by atoms with Crippen molar-refractivity contribution in [2.45, 2.75) is 0 Å².